The molecular formula is C48H60N10O7. The Labute approximate surface area is 379 Å². The van der Waals surface area contributed by atoms with Crippen LogP contribution in [0.4, 0.5) is 0 Å². The average molecular weight is 889 g/mol. The molecule has 0 unspecified atom stereocenters. The molecule has 4 aromatic rings. The minimum absolute atomic E-state index is 0.00807. The van der Waals surface area contributed by atoms with Gasteiger partial charge in [0.2, 0.25) is 23.6 Å². The molecule has 3 aromatic carbocycles. The molecule has 65 heavy (non-hydrogen) atoms. The highest BCUT2D eigenvalue weighted by molar-refractivity contribution is 6.00. The summed E-state index contributed by atoms with van der Waals surface area (Å²) in [7, 11) is 1.43. The Balaban J connectivity index is 1.55. The number of aromatic nitrogens is 1. The largest absolute Gasteiger partial charge is 0.492 e. The number of benzene rings is 3. The maximum atomic E-state index is 14.7. The molecule has 4 atom stereocenters. The van der Waals surface area contributed by atoms with Gasteiger partial charge in [-0.3, -0.25) is 29.0 Å². The van der Waals surface area contributed by atoms with Crippen LogP contribution in [-0.2, 0) is 32.0 Å². The van der Waals surface area contributed by atoms with E-state index in [2.05, 4.69) is 40.1 Å². The van der Waals surface area contributed by atoms with Crippen molar-refractivity contribution in [1.29, 1.82) is 5.26 Å². The van der Waals surface area contributed by atoms with Crippen LogP contribution >= 0.6 is 0 Å². The molecule has 10 N–H and O–H groups in total. The number of carbonyl (C=O) groups excluding carboxylic acids is 5. The lowest BCUT2D eigenvalue weighted by atomic mass is 9.93. The van der Waals surface area contributed by atoms with Crippen molar-refractivity contribution in [2.45, 2.75) is 71.1 Å². The molecule has 0 spiro atoms. The maximum Gasteiger partial charge on any atom is 0.252 e. The summed E-state index contributed by atoms with van der Waals surface area (Å²) >= 11 is 0. The minimum Gasteiger partial charge on any atom is -0.492 e. The van der Waals surface area contributed by atoms with Gasteiger partial charge in [-0.2, -0.15) is 5.26 Å². The number of aryl methyl sites for hydroxylation is 1. The van der Waals surface area contributed by atoms with E-state index < -0.39 is 53.7 Å². The van der Waals surface area contributed by atoms with E-state index in [0.29, 0.717) is 50.8 Å². The third kappa shape index (κ3) is 12.7. The van der Waals surface area contributed by atoms with Crippen LogP contribution in [0.2, 0.25) is 0 Å². The summed E-state index contributed by atoms with van der Waals surface area (Å²) in [6, 6.07) is 16.6. The van der Waals surface area contributed by atoms with Gasteiger partial charge in [-0.15, -0.1) is 0 Å². The molecule has 1 aliphatic rings. The van der Waals surface area contributed by atoms with Gasteiger partial charge in [0.05, 0.1) is 6.07 Å². The normalized spacial score (nSPS) is 16.5. The van der Waals surface area contributed by atoms with Gasteiger partial charge in [-0.05, 0) is 97.8 Å². The highest BCUT2D eigenvalue weighted by Crippen LogP contribution is 2.40. The third-order valence-corrected chi connectivity index (χ3v) is 10.9. The second-order valence-electron chi connectivity index (χ2n) is 16.4. The number of fused-ring (bicyclic) bond motifs is 5. The Hall–Kier alpha value is -6.87. The molecule has 17 heteroatoms. The Bertz CT molecular complexity index is 2380. The van der Waals surface area contributed by atoms with Crippen LogP contribution < -0.4 is 47.9 Å². The molecule has 5 rings (SSSR count). The zero-order chi connectivity index (χ0) is 47.2. The van der Waals surface area contributed by atoms with Gasteiger partial charge in [-0.1, -0.05) is 44.2 Å². The maximum absolute atomic E-state index is 14.7. The van der Waals surface area contributed by atoms with E-state index >= 15 is 0 Å². The molecule has 17 nitrogen and oxygen atoms in total. The number of nitrogens with two attached hydrogens (primary N) is 3. The summed E-state index contributed by atoms with van der Waals surface area (Å²) in [5, 5.41) is 20.0. The first-order chi connectivity index (χ1) is 31.2. The number of ether oxygens (including phenoxy) is 2. The third-order valence-electron chi connectivity index (χ3n) is 10.9. The van der Waals surface area contributed by atoms with Crippen molar-refractivity contribution >= 4 is 29.5 Å². The summed E-state index contributed by atoms with van der Waals surface area (Å²) < 4.78 is 12.2. The Morgan fingerprint density at radius 1 is 0.892 bits per heavy atom. The highest BCUT2D eigenvalue weighted by Gasteiger charge is 2.36. The van der Waals surface area contributed by atoms with Crippen molar-refractivity contribution in [3.63, 3.8) is 0 Å². The first-order valence-electron chi connectivity index (χ1n) is 21.7. The van der Waals surface area contributed by atoms with Gasteiger partial charge in [0.25, 0.3) is 5.91 Å². The second kappa shape index (κ2) is 23.2. The fourth-order valence-electron chi connectivity index (χ4n) is 7.60. The molecule has 1 aromatic heterocycles. The Morgan fingerprint density at radius 3 is 2.18 bits per heavy atom. The number of nitrogens with zero attached hydrogens (tertiary/aromatic N) is 3. The van der Waals surface area contributed by atoms with E-state index in [0.717, 1.165) is 23.2 Å². The van der Waals surface area contributed by atoms with Crippen molar-refractivity contribution in [2.24, 2.45) is 23.1 Å². The van der Waals surface area contributed by atoms with Gasteiger partial charge >= 0.3 is 0 Å². The predicted molar refractivity (Wildman–Crippen MR) is 246 cm³/mol. The summed E-state index contributed by atoms with van der Waals surface area (Å²) in [4.78, 5) is 76.0. The Morgan fingerprint density at radius 2 is 1.57 bits per heavy atom. The van der Waals surface area contributed by atoms with E-state index in [-0.39, 0.29) is 52.2 Å². The molecule has 0 radical (unpaired) electrons. The topological polar surface area (TPSA) is 270 Å². The van der Waals surface area contributed by atoms with Crippen molar-refractivity contribution in [1.82, 2.24) is 31.2 Å². The van der Waals surface area contributed by atoms with Crippen LogP contribution in [0.5, 0.6) is 11.5 Å². The second-order valence-corrected chi connectivity index (χ2v) is 16.4. The standard InChI is InChI=1S/C48H60N10O7/c1-28(2)22-35-10-7-34(27-54-35)32-8-11-36(29(3)23-32)45(60)56-39(14-15-49)48(63)58(5)43-33-9-13-42(65-21-18-52)38(26-33)37-24-31(6-12-41(37)64-20-17-51)25-40(46(61)53-19-16-50)57-44(59)30(4)55-47(43)62/h6-13,23-24,26-28,30,39-40,43H,14-15,17-22,25,49,51-52H2,1-5H3,(H,53,61)(H,55,62)(H,56,60)(H,57,59)/t30-,39-,40-,43-/m0/s1. The first-order valence-corrected chi connectivity index (χ1v) is 21.7. The number of amides is 5. The van der Waals surface area contributed by atoms with E-state index in [4.69, 9.17) is 31.9 Å². The van der Waals surface area contributed by atoms with E-state index in [1.807, 2.05) is 43.5 Å². The molecule has 0 saturated carbocycles. The number of hydrogen-bond donors (Lipinski definition) is 7. The SMILES string of the molecule is Cc1cc(-c2ccc(CC(C)C)nc2)ccc1C(=O)N[C@@H](CCN)C(=O)N(C)[C@@H]1C(=O)N[C@@H](C)C(=O)N[C@H](C(=O)NCC#N)Cc2ccc(OCCN)c(c2)-c2cc1ccc2OCCN. The molecule has 1 aliphatic heterocycles. The number of nitrogens with one attached hydrogen (secondary N) is 4. The number of carbonyl (C=O) groups is 5. The number of rotatable bonds is 17. The van der Waals surface area contributed by atoms with Gasteiger partial charge in [0, 0.05) is 60.7 Å². The van der Waals surface area contributed by atoms with Crippen molar-refractivity contribution in [3.8, 4) is 39.8 Å². The number of nitriles is 1. The van der Waals surface area contributed by atoms with Crippen molar-refractivity contribution < 1.29 is 33.4 Å². The molecule has 0 saturated heterocycles. The highest BCUT2D eigenvalue weighted by atomic mass is 16.5. The number of pyridine rings is 1. The molecular weight excluding hydrogens is 829 g/mol. The predicted octanol–water partition coefficient (Wildman–Crippen LogP) is 2.43. The fraction of sp³-hybridized carbons (Fsp3) is 0.396. The van der Waals surface area contributed by atoms with Crippen LogP contribution in [-0.4, -0.2) is 104 Å². The smallest absolute Gasteiger partial charge is 0.252 e. The first kappa shape index (κ1) is 49.2. The number of hydrogen-bond acceptors (Lipinski definition) is 12. The lowest BCUT2D eigenvalue weighted by Crippen LogP contribution is -2.56. The summed E-state index contributed by atoms with van der Waals surface area (Å²) in [6.07, 6.45) is 2.72. The van der Waals surface area contributed by atoms with Gasteiger partial charge in [0.1, 0.15) is 55.4 Å². The molecule has 0 aliphatic carbocycles. The van der Waals surface area contributed by atoms with Gasteiger partial charge < -0.3 is 52.8 Å². The monoisotopic (exact) mass is 888 g/mol. The van der Waals surface area contributed by atoms with Crippen LogP contribution in [0.3, 0.4) is 0 Å². The zero-order valence-electron chi connectivity index (χ0n) is 37.6. The van der Waals surface area contributed by atoms with E-state index in [1.165, 1.54) is 18.9 Å². The lowest BCUT2D eigenvalue weighted by molar-refractivity contribution is -0.141. The van der Waals surface area contributed by atoms with Crippen LogP contribution in [0.25, 0.3) is 22.3 Å². The van der Waals surface area contributed by atoms with E-state index in [1.54, 1.807) is 42.5 Å². The van der Waals surface area contributed by atoms with E-state index in [9.17, 15) is 24.0 Å². The lowest BCUT2D eigenvalue weighted by Gasteiger charge is -2.32. The number of likely N-dealkylation sites (N-methyl/N-ethyl adjacent to an activating group) is 1. The zero-order valence-corrected chi connectivity index (χ0v) is 37.6. The molecule has 4 bridgehead atoms. The molecule has 344 valence electrons. The summed E-state index contributed by atoms with van der Waals surface area (Å²) in [5.41, 5.74) is 23.4. The minimum atomic E-state index is -1.38. The van der Waals surface area contributed by atoms with Crippen LogP contribution in [0.15, 0.2) is 72.9 Å². The fourth-order valence-corrected chi connectivity index (χ4v) is 7.60. The molecule has 2 heterocycles. The van der Waals surface area contributed by atoms with Gasteiger partial charge in [0.15, 0.2) is 0 Å². The average Bonchev–Trinajstić information content (AvgIpc) is 3.28. The van der Waals surface area contributed by atoms with Crippen molar-refractivity contribution in [3.05, 3.63) is 101 Å². The summed E-state index contributed by atoms with van der Waals surface area (Å²) in [6.45, 7) is 7.95. The van der Waals surface area contributed by atoms with Crippen molar-refractivity contribution in [2.75, 3.05) is 46.4 Å². The molecule has 0 fully saturated rings. The quantitative estimate of drug-likeness (QED) is 0.0754. The van der Waals surface area contributed by atoms with Crippen LogP contribution in [0.1, 0.15) is 66.0 Å². The Kier molecular flexibility index (Phi) is 17.5. The molecule has 5 amide bonds. The van der Waals surface area contributed by atoms with Gasteiger partial charge in [-0.25, -0.2) is 0 Å². The van der Waals surface area contributed by atoms with Crippen LogP contribution in [0, 0.1) is 24.2 Å². The summed E-state index contributed by atoms with van der Waals surface area (Å²) in [5.74, 6) is -1.93.